The van der Waals surface area contributed by atoms with E-state index in [4.69, 9.17) is 0 Å². The highest BCUT2D eigenvalue weighted by Gasteiger charge is 2.27. The summed E-state index contributed by atoms with van der Waals surface area (Å²) in [5, 5.41) is 26.8. The summed E-state index contributed by atoms with van der Waals surface area (Å²) in [4.78, 5) is 17.2. The topological polar surface area (TPSA) is 137 Å². The fraction of sp³-hybridized carbons (Fsp3) is 0.200. The van der Waals surface area contributed by atoms with Crippen LogP contribution in [0.3, 0.4) is 0 Å². The Morgan fingerprint density at radius 2 is 1.97 bits per heavy atom. The molecule has 30 heavy (non-hydrogen) atoms. The monoisotopic (exact) mass is 401 g/mol. The maximum Gasteiger partial charge on any atom is 0.263 e. The number of carbonyl (C=O) groups excluding carboxylic acids is 1. The molecule has 1 fully saturated rings. The second kappa shape index (κ2) is 7.74. The highest BCUT2D eigenvalue weighted by atomic mass is 16.1. The molecule has 4 aromatic rings. The Morgan fingerprint density at radius 1 is 1.10 bits per heavy atom. The summed E-state index contributed by atoms with van der Waals surface area (Å²) >= 11 is 0. The maximum absolute atomic E-state index is 12.6. The molecule has 1 saturated carbocycles. The first-order valence-corrected chi connectivity index (χ1v) is 9.65. The van der Waals surface area contributed by atoms with Crippen molar-refractivity contribution in [3.05, 3.63) is 65.5 Å². The summed E-state index contributed by atoms with van der Waals surface area (Å²) in [6.07, 6.45) is 2.35. The lowest BCUT2D eigenvalue weighted by Gasteiger charge is -2.08. The summed E-state index contributed by atoms with van der Waals surface area (Å²) in [5.74, 6) is 2.38. The van der Waals surface area contributed by atoms with E-state index in [1.54, 1.807) is 6.07 Å². The van der Waals surface area contributed by atoms with Crippen molar-refractivity contribution in [2.45, 2.75) is 25.3 Å². The number of H-pyrrole nitrogens is 2. The average molecular weight is 401 g/mol. The molecule has 2 heterocycles. The zero-order valence-electron chi connectivity index (χ0n) is 16.0. The van der Waals surface area contributed by atoms with Crippen LogP contribution in [0.25, 0.3) is 11.4 Å². The fourth-order valence-corrected chi connectivity index (χ4v) is 3.09. The van der Waals surface area contributed by atoms with Crippen LogP contribution in [-0.4, -0.2) is 41.7 Å². The molecule has 0 radical (unpaired) electrons. The highest BCUT2D eigenvalue weighted by molar-refractivity contribution is 6.04. The molecule has 1 aliphatic rings. The van der Waals surface area contributed by atoms with Crippen LogP contribution < -0.4 is 10.6 Å². The Morgan fingerprint density at radius 3 is 2.73 bits per heavy atom. The number of hydrogen-bond donors (Lipinski definition) is 4. The first-order valence-electron chi connectivity index (χ1n) is 9.65. The van der Waals surface area contributed by atoms with Gasteiger partial charge in [-0.3, -0.25) is 9.89 Å². The van der Waals surface area contributed by atoms with Crippen molar-refractivity contribution in [1.82, 2.24) is 35.8 Å². The number of amides is 1. The van der Waals surface area contributed by atoms with Crippen molar-refractivity contribution in [3.8, 4) is 11.4 Å². The van der Waals surface area contributed by atoms with E-state index in [0.29, 0.717) is 35.5 Å². The van der Waals surface area contributed by atoms with Gasteiger partial charge in [0.25, 0.3) is 11.9 Å². The summed E-state index contributed by atoms with van der Waals surface area (Å²) < 4.78 is 0. The zero-order chi connectivity index (χ0) is 20.3. The van der Waals surface area contributed by atoms with E-state index in [1.807, 2.05) is 42.5 Å². The fourth-order valence-electron chi connectivity index (χ4n) is 3.09. The van der Waals surface area contributed by atoms with Gasteiger partial charge >= 0.3 is 0 Å². The number of hydrogen-bond acceptors (Lipinski definition) is 7. The SMILES string of the molecule is O=C(Nc1ccc(-c2n[nH]c(C3CC3)n2)cc1)c1cccc(CNc2nn[nH]n2)c1. The van der Waals surface area contributed by atoms with Gasteiger partial charge in [-0.15, -0.1) is 5.10 Å². The summed E-state index contributed by atoms with van der Waals surface area (Å²) in [5.41, 5.74) is 3.11. The molecular weight excluding hydrogens is 382 g/mol. The van der Waals surface area contributed by atoms with E-state index in [2.05, 4.69) is 46.4 Å². The summed E-state index contributed by atoms with van der Waals surface area (Å²) in [6, 6.07) is 14.9. The third-order valence-corrected chi connectivity index (χ3v) is 4.85. The van der Waals surface area contributed by atoms with Crippen LogP contribution in [0.5, 0.6) is 0 Å². The Bertz CT molecular complexity index is 1150. The van der Waals surface area contributed by atoms with Gasteiger partial charge in [0.15, 0.2) is 5.82 Å². The zero-order valence-corrected chi connectivity index (χ0v) is 16.0. The molecule has 10 heteroatoms. The summed E-state index contributed by atoms with van der Waals surface area (Å²) in [7, 11) is 0. The number of rotatable bonds is 7. The number of carbonyl (C=O) groups is 1. The van der Waals surface area contributed by atoms with Crippen LogP contribution in [0.4, 0.5) is 11.6 Å². The number of nitrogens with zero attached hydrogens (tertiary/aromatic N) is 5. The predicted octanol–water partition coefficient (Wildman–Crippen LogP) is 2.73. The van der Waals surface area contributed by atoms with Crippen molar-refractivity contribution >= 4 is 17.5 Å². The molecule has 0 unspecified atom stereocenters. The van der Waals surface area contributed by atoms with Gasteiger partial charge in [-0.25, -0.2) is 4.98 Å². The molecule has 150 valence electrons. The molecule has 2 aromatic carbocycles. The third-order valence-electron chi connectivity index (χ3n) is 4.85. The first-order chi connectivity index (χ1) is 14.7. The minimum Gasteiger partial charge on any atom is -0.348 e. The lowest BCUT2D eigenvalue weighted by Crippen LogP contribution is -2.12. The van der Waals surface area contributed by atoms with Crippen molar-refractivity contribution in [1.29, 1.82) is 0 Å². The molecule has 4 N–H and O–H groups in total. The van der Waals surface area contributed by atoms with Gasteiger partial charge in [-0.05, 0) is 60.0 Å². The molecule has 5 rings (SSSR count). The minimum atomic E-state index is -0.182. The lowest BCUT2D eigenvalue weighted by atomic mass is 10.1. The predicted molar refractivity (Wildman–Crippen MR) is 110 cm³/mol. The van der Waals surface area contributed by atoms with E-state index in [-0.39, 0.29) is 5.91 Å². The molecule has 2 aromatic heterocycles. The van der Waals surface area contributed by atoms with E-state index in [0.717, 1.165) is 17.0 Å². The van der Waals surface area contributed by atoms with Gasteiger partial charge in [0.2, 0.25) is 0 Å². The maximum atomic E-state index is 12.6. The normalized spacial score (nSPS) is 13.2. The van der Waals surface area contributed by atoms with Gasteiger partial charge in [0, 0.05) is 29.3 Å². The lowest BCUT2D eigenvalue weighted by molar-refractivity contribution is 0.102. The van der Waals surface area contributed by atoms with Crippen molar-refractivity contribution in [3.63, 3.8) is 0 Å². The van der Waals surface area contributed by atoms with E-state index in [9.17, 15) is 4.79 Å². The van der Waals surface area contributed by atoms with Crippen LogP contribution in [0, 0.1) is 0 Å². The molecule has 10 nitrogen and oxygen atoms in total. The number of nitrogens with one attached hydrogen (secondary N) is 4. The average Bonchev–Trinajstić information content (AvgIpc) is 3.27. The van der Waals surface area contributed by atoms with Gasteiger partial charge in [-0.1, -0.05) is 17.2 Å². The Balaban J connectivity index is 1.23. The van der Waals surface area contributed by atoms with Crippen molar-refractivity contribution in [2.24, 2.45) is 0 Å². The minimum absolute atomic E-state index is 0.182. The smallest absolute Gasteiger partial charge is 0.263 e. The van der Waals surface area contributed by atoms with Crippen LogP contribution in [0.1, 0.15) is 40.5 Å². The van der Waals surface area contributed by atoms with E-state index < -0.39 is 0 Å². The Kier molecular flexibility index (Phi) is 4.64. The van der Waals surface area contributed by atoms with Crippen LogP contribution in [0.15, 0.2) is 48.5 Å². The van der Waals surface area contributed by atoms with Crippen molar-refractivity contribution < 1.29 is 4.79 Å². The number of anilines is 2. The standard InChI is InChI=1S/C20H19N9O/c30-19(15-3-1-2-12(10-15)11-21-20-26-28-29-27-20)22-16-8-6-14(7-9-16)18-23-17(24-25-18)13-4-5-13/h1-3,6-10,13H,4-5,11H2,(H,22,30)(H,23,24,25)(H2,21,26,27,28,29). The molecular formula is C20H19N9O. The van der Waals surface area contributed by atoms with E-state index in [1.165, 1.54) is 12.8 Å². The second-order valence-electron chi connectivity index (χ2n) is 7.14. The molecule has 0 spiro atoms. The second-order valence-corrected chi connectivity index (χ2v) is 7.14. The molecule has 0 aliphatic heterocycles. The van der Waals surface area contributed by atoms with Gasteiger partial charge < -0.3 is 10.6 Å². The highest BCUT2D eigenvalue weighted by Crippen LogP contribution is 2.38. The largest absolute Gasteiger partial charge is 0.348 e. The number of aromatic amines is 2. The number of tetrazole rings is 1. The van der Waals surface area contributed by atoms with Crippen LogP contribution >= 0.6 is 0 Å². The summed E-state index contributed by atoms with van der Waals surface area (Å²) in [6.45, 7) is 0.481. The van der Waals surface area contributed by atoms with Crippen molar-refractivity contribution in [2.75, 3.05) is 10.6 Å². The van der Waals surface area contributed by atoms with E-state index >= 15 is 0 Å². The first kappa shape index (κ1) is 18.0. The number of aromatic nitrogens is 7. The van der Waals surface area contributed by atoms with Gasteiger partial charge in [-0.2, -0.15) is 10.3 Å². The number of benzene rings is 2. The molecule has 0 bridgehead atoms. The quantitative estimate of drug-likeness (QED) is 0.374. The molecule has 0 atom stereocenters. The molecule has 1 aliphatic carbocycles. The molecule has 0 saturated heterocycles. The van der Waals surface area contributed by atoms with Gasteiger partial charge in [0.05, 0.1) is 0 Å². The Hall–Kier alpha value is -4.08. The van der Waals surface area contributed by atoms with Crippen LogP contribution in [0.2, 0.25) is 0 Å². The van der Waals surface area contributed by atoms with Gasteiger partial charge in [0.1, 0.15) is 5.82 Å². The molecule has 1 amide bonds. The third kappa shape index (κ3) is 4.02. The van der Waals surface area contributed by atoms with Crippen LogP contribution in [-0.2, 0) is 6.54 Å². The Labute approximate surface area is 171 Å².